The number of fused-ring (bicyclic) bond motifs is 3. The van der Waals surface area contributed by atoms with E-state index in [0.717, 1.165) is 65.6 Å². The normalized spacial score (nSPS) is 31.0. The van der Waals surface area contributed by atoms with Crippen molar-refractivity contribution in [3.8, 4) is 0 Å². The van der Waals surface area contributed by atoms with Gasteiger partial charge in [-0.25, -0.2) is 0 Å². The first kappa shape index (κ1) is 20.0. The molecule has 8 nitrogen and oxygen atoms in total. The Morgan fingerprint density at radius 3 is 1.46 bits per heavy atom. The Balaban J connectivity index is 1.85. The Hall–Kier alpha value is -0.320. The van der Waals surface area contributed by atoms with Crippen molar-refractivity contribution in [2.45, 2.75) is 0 Å². The highest BCUT2D eigenvalue weighted by Gasteiger charge is 2.11. The van der Waals surface area contributed by atoms with Gasteiger partial charge in [0.25, 0.3) is 0 Å². The van der Waals surface area contributed by atoms with Gasteiger partial charge in [-0.05, 0) is 0 Å². The Morgan fingerprint density at radius 2 is 0.917 bits per heavy atom. The van der Waals surface area contributed by atoms with Crippen LogP contribution < -0.4 is 10.6 Å². The highest BCUT2D eigenvalue weighted by atomic mass is 16.5. The lowest BCUT2D eigenvalue weighted by Crippen LogP contribution is -2.42. The van der Waals surface area contributed by atoms with Crippen molar-refractivity contribution in [3.63, 3.8) is 0 Å². The highest BCUT2D eigenvalue weighted by molar-refractivity contribution is 4.64. The average molecular weight is 346 g/mol. The molecule has 2 atom stereocenters. The number of nitrogens with zero attached hydrogens (tertiary/aromatic N) is 2. The molecule has 0 amide bonds. The van der Waals surface area contributed by atoms with Gasteiger partial charge < -0.3 is 29.6 Å². The van der Waals surface area contributed by atoms with Gasteiger partial charge in [0, 0.05) is 52.4 Å². The Bertz CT molecular complexity index is 273. The molecule has 0 saturated carbocycles. The van der Waals surface area contributed by atoms with Gasteiger partial charge in [-0.1, -0.05) is 0 Å². The average Bonchev–Trinajstić information content (AvgIpc) is 2.60. The van der Waals surface area contributed by atoms with Gasteiger partial charge in [0.15, 0.2) is 0 Å². The van der Waals surface area contributed by atoms with Crippen LogP contribution in [0.5, 0.6) is 0 Å². The molecule has 2 unspecified atom stereocenters. The maximum absolute atomic E-state index is 5.74. The molecule has 2 aliphatic heterocycles. The van der Waals surface area contributed by atoms with E-state index in [-0.39, 0.29) is 0 Å². The molecule has 2 N–H and O–H groups in total. The molecular weight excluding hydrogens is 312 g/mol. The lowest BCUT2D eigenvalue weighted by Gasteiger charge is -2.27. The molecule has 2 bridgehead atoms. The van der Waals surface area contributed by atoms with Crippen molar-refractivity contribution in [3.05, 3.63) is 0 Å². The molecule has 0 radical (unpaired) electrons. The molecule has 0 aromatic rings. The quantitative estimate of drug-likeness (QED) is 0.566. The third-order valence-corrected chi connectivity index (χ3v) is 4.08. The summed E-state index contributed by atoms with van der Waals surface area (Å²) in [6, 6.07) is 0. The smallest absolute Gasteiger partial charge is 0.0992 e. The predicted octanol–water partition coefficient (Wildman–Crippen LogP) is -1.22. The van der Waals surface area contributed by atoms with Crippen LogP contribution in [0, 0.1) is 0 Å². The van der Waals surface area contributed by atoms with Crippen LogP contribution in [-0.2, 0) is 18.9 Å². The van der Waals surface area contributed by atoms with Crippen molar-refractivity contribution in [2.24, 2.45) is 0 Å². The Labute approximate surface area is 145 Å². The van der Waals surface area contributed by atoms with Crippen molar-refractivity contribution in [2.75, 3.05) is 105 Å². The number of nitrogens with one attached hydrogen (secondary N) is 2. The van der Waals surface area contributed by atoms with Crippen molar-refractivity contribution in [1.82, 2.24) is 20.4 Å². The first-order valence-electron chi connectivity index (χ1n) is 9.12. The molecule has 8 heteroatoms. The third-order valence-electron chi connectivity index (χ3n) is 4.08. The minimum atomic E-state index is 0.625. The van der Waals surface area contributed by atoms with Crippen molar-refractivity contribution >= 4 is 0 Å². The molecule has 2 rings (SSSR count). The van der Waals surface area contributed by atoms with Gasteiger partial charge in [0.2, 0.25) is 0 Å². The number of ether oxygens (including phenoxy) is 4. The molecular formula is C16H34N4O4. The zero-order valence-corrected chi connectivity index (χ0v) is 14.8. The summed E-state index contributed by atoms with van der Waals surface area (Å²) < 4.78 is 22.6. The van der Waals surface area contributed by atoms with E-state index in [0.29, 0.717) is 39.9 Å². The summed E-state index contributed by atoms with van der Waals surface area (Å²) in [6.45, 7) is 12.9. The molecule has 2 aliphatic rings. The summed E-state index contributed by atoms with van der Waals surface area (Å²) in [4.78, 5) is 4.68. The molecule has 2 heterocycles. The fourth-order valence-corrected chi connectivity index (χ4v) is 2.60. The van der Waals surface area contributed by atoms with E-state index in [4.69, 9.17) is 18.9 Å². The van der Waals surface area contributed by atoms with Gasteiger partial charge in [-0.15, -0.1) is 0 Å². The molecule has 0 spiro atoms. The summed E-state index contributed by atoms with van der Waals surface area (Å²) in [6.07, 6.45) is 0. The summed E-state index contributed by atoms with van der Waals surface area (Å²) >= 11 is 0. The number of rotatable bonds is 0. The van der Waals surface area contributed by atoms with Gasteiger partial charge in [-0.3, -0.25) is 9.80 Å². The molecule has 142 valence electrons. The van der Waals surface area contributed by atoms with Crippen LogP contribution in [0.1, 0.15) is 0 Å². The van der Waals surface area contributed by atoms with Crippen LogP contribution in [0.3, 0.4) is 0 Å². The van der Waals surface area contributed by atoms with E-state index in [1.54, 1.807) is 0 Å². The molecule has 2 fully saturated rings. The van der Waals surface area contributed by atoms with Gasteiger partial charge in [0.05, 0.1) is 53.1 Å². The first-order chi connectivity index (χ1) is 11.9. The maximum Gasteiger partial charge on any atom is 0.0992 e. The van der Waals surface area contributed by atoms with E-state index in [1.165, 1.54) is 0 Å². The van der Waals surface area contributed by atoms with E-state index >= 15 is 0 Å². The monoisotopic (exact) mass is 346 g/mol. The number of hydrogen-bond donors (Lipinski definition) is 2. The first-order valence-corrected chi connectivity index (χ1v) is 9.12. The van der Waals surface area contributed by atoms with Crippen LogP contribution in [-0.4, -0.2) is 115 Å². The minimum Gasteiger partial charge on any atom is -0.379 e. The second-order valence-corrected chi connectivity index (χ2v) is 6.04. The Morgan fingerprint density at radius 1 is 0.458 bits per heavy atom. The van der Waals surface area contributed by atoms with Crippen LogP contribution in [0.2, 0.25) is 0 Å². The second kappa shape index (κ2) is 13.9. The maximum atomic E-state index is 5.74. The van der Waals surface area contributed by atoms with Crippen molar-refractivity contribution in [1.29, 1.82) is 0 Å². The lowest BCUT2D eigenvalue weighted by atomic mass is 10.4. The van der Waals surface area contributed by atoms with E-state index in [2.05, 4.69) is 20.4 Å². The molecule has 0 aliphatic carbocycles. The Kier molecular flexibility index (Phi) is 11.6. The summed E-state index contributed by atoms with van der Waals surface area (Å²) in [5.74, 6) is 0. The lowest BCUT2D eigenvalue weighted by molar-refractivity contribution is -0.0173. The predicted molar refractivity (Wildman–Crippen MR) is 92.2 cm³/mol. The fourth-order valence-electron chi connectivity index (χ4n) is 2.60. The standard InChI is InChI=1S/C16H34N4O4/c1-5-19-7-8-20(6-2-18-4-10-21-9-3-17-1)16-24-14-12-22-11-13-23-15-19/h17-18H,1-16H2. The zero-order chi connectivity index (χ0) is 16.7. The van der Waals surface area contributed by atoms with Crippen LogP contribution >= 0.6 is 0 Å². The third kappa shape index (κ3) is 9.85. The van der Waals surface area contributed by atoms with Crippen molar-refractivity contribution < 1.29 is 18.9 Å². The number of hydrogen-bond acceptors (Lipinski definition) is 8. The molecule has 24 heavy (non-hydrogen) atoms. The summed E-state index contributed by atoms with van der Waals surface area (Å²) in [5.41, 5.74) is 0. The van der Waals surface area contributed by atoms with Gasteiger partial charge >= 0.3 is 0 Å². The van der Waals surface area contributed by atoms with Gasteiger partial charge in [0.1, 0.15) is 0 Å². The van der Waals surface area contributed by atoms with Crippen LogP contribution in [0.25, 0.3) is 0 Å². The van der Waals surface area contributed by atoms with E-state index < -0.39 is 0 Å². The van der Waals surface area contributed by atoms with Crippen LogP contribution in [0.4, 0.5) is 0 Å². The van der Waals surface area contributed by atoms with E-state index in [9.17, 15) is 0 Å². The van der Waals surface area contributed by atoms with E-state index in [1.807, 2.05) is 0 Å². The zero-order valence-electron chi connectivity index (χ0n) is 14.8. The molecule has 0 aromatic carbocycles. The van der Waals surface area contributed by atoms with Crippen LogP contribution in [0.15, 0.2) is 0 Å². The summed E-state index contributed by atoms with van der Waals surface area (Å²) in [7, 11) is 0. The topological polar surface area (TPSA) is 67.5 Å². The molecule has 2 saturated heterocycles. The largest absolute Gasteiger partial charge is 0.379 e. The molecule has 0 aromatic heterocycles. The summed E-state index contributed by atoms with van der Waals surface area (Å²) in [5, 5.41) is 6.85. The van der Waals surface area contributed by atoms with Gasteiger partial charge in [-0.2, -0.15) is 0 Å². The fraction of sp³-hybridized carbons (Fsp3) is 1.00. The highest BCUT2D eigenvalue weighted by Crippen LogP contribution is 1.96. The second-order valence-electron chi connectivity index (χ2n) is 6.04. The SMILES string of the molecule is C1COCCNCCN2CCN(CCN1)COCCOCCOC2. The minimum absolute atomic E-state index is 0.625.